The number of hydrogen-bond donors (Lipinski definition) is 2. The number of rotatable bonds is 4. The van der Waals surface area contributed by atoms with Gasteiger partial charge in [-0.2, -0.15) is 0 Å². The van der Waals surface area contributed by atoms with Crippen molar-refractivity contribution >= 4 is 0 Å². The van der Waals surface area contributed by atoms with Crippen LogP contribution in [0.1, 0.15) is 19.3 Å². The van der Waals surface area contributed by atoms with Gasteiger partial charge >= 0.3 is 0 Å². The summed E-state index contributed by atoms with van der Waals surface area (Å²) in [5.74, 6) is 1.03. The maximum atomic E-state index is 5.59. The number of ether oxygens (including phenoxy) is 1. The van der Waals surface area contributed by atoms with E-state index in [1.807, 2.05) is 12.2 Å². The first-order valence-corrected chi connectivity index (χ1v) is 4.31. The minimum atomic E-state index is 0.686. The van der Waals surface area contributed by atoms with Crippen molar-refractivity contribution in [3.8, 4) is 0 Å². The molecule has 0 atom stereocenters. The van der Waals surface area contributed by atoms with Gasteiger partial charge in [0.05, 0.1) is 12.4 Å². The molecule has 1 rings (SSSR count). The minimum Gasteiger partial charge on any atom is -0.498 e. The van der Waals surface area contributed by atoms with Crippen LogP contribution >= 0.6 is 0 Å². The summed E-state index contributed by atoms with van der Waals surface area (Å²) in [6.45, 7) is 1.40. The molecule has 12 heavy (non-hydrogen) atoms. The van der Waals surface area contributed by atoms with Gasteiger partial charge in [0.1, 0.15) is 0 Å². The van der Waals surface area contributed by atoms with Gasteiger partial charge in [0, 0.05) is 12.1 Å². The van der Waals surface area contributed by atoms with E-state index in [0.717, 1.165) is 37.3 Å². The summed E-state index contributed by atoms with van der Waals surface area (Å²) < 4.78 is 5.45. The molecule has 0 heterocycles. The number of allylic oxidation sites excluding steroid dienone is 4. The van der Waals surface area contributed by atoms with Crippen LogP contribution in [-0.4, -0.2) is 13.2 Å². The van der Waals surface area contributed by atoms with Gasteiger partial charge in [0.2, 0.25) is 0 Å². The van der Waals surface area contributed by atoms with Crippen LogP contribution in [-0.2, 0) is 4.74 Å². The van der Waals surface area contributed by atoms with Gasteiger partial charge in [-0.25, -0.2) is 0 Å². The summed E-state index contributed by atoms with van der Waals surface area (Å²) in [6, 6.07) is 0. The lowest BCUT2D eigenvalue weighted by molar-refractivity contribution is 0.199. The van der Waals surface area contributed by atoms with Crippen LogP contribution in [0.2, 0.25) is 0 Å². The summed E-state index contributed by atoms with van der Waals surface area (Å²) in [4.78, 5) is 0. The van der Waals surface area contributed by atoms with Crippen LogP contribution < -0.4 is 11.5 Å². The summed E-state index contributed by atoms with van der Waals surface area (Å²) in [5.41, 5.74) is 11.9. The third kappa shape index (κ3) is 2.96. The van der Waals surface area contributed by atoms with Crippen molar-refractivity contribution in [2.45, 2.75) is 19.3 Å². The highest BCUT2D eigenvalue weighted by Crippen LogP contribution is 2.15. The van der Waals surface area contributed by atoms with E-state index < -0.39 is 0 Å². The highest BCUT2D eigenvalue weighted by atomic mass is 16.5. The first-order chi connectivity index (χ1) is 5.83. The van der Waals surface area contributed by atoms with E-state index in [0.29, 0.717) is 6.54 Å². The van der Waals surface area contributed by atoms with Crippen LogP contribution in [0.15, 0.2) is 23.6 Å². The zero-order valence-electron chi connectivity index (χ0n) is 7.25. The van der Waals surface area contributed by atoms with Gasteiger partial charge in [-0.3, -0.25) is 0 Å². The third-order valence-corrected chi connectivity index (χ3v) is 1.78. The summed E-state index contributed by atoms with van der Waals surface area (Å²) in [7, 11) is 0. The molecule has 0 saturated heterocycles. The Kier molecular flexibility index (Phi) is 3.67. The monoisotopic (exact) mass is 168 g/mol. The van der Waals surface area contributed by atoms with E-state index in [-0.39, 0.29) is 0 Å². The maximum Gasteiger partial charge on any atom is 0.0964 e. The van der Waals surface area contributed by atoms with Crippen molar-refractivity contribution in [2.75, 3.05) is 13.2 Å². The predicted molar refractivity (Wildman–Crippen MR) is 49.2 cm³/mol. The molecular weight excluding hydrogens is 152 g/mol. The summed E-state index contributed by atoms with van der Waals surface area (Å²) >= 11 is 0. The first kappa shape index (κ1) is 9.13. The number of nitrogens with two attached hydrogens (primary N) is 2. The normalized spacial score (nSPS) is 16.8. The first-order valence-electron chi connectivity index (χ1n) is 4.31. The average Bonchev–Trinajstić information content (AvgIpc) is 2.09. The second-order valence-electron chi connectivity index (χ2n) is 2.87. The van der Waals surface area contributed by atoms with Crippen molar-refractivity contribution in [1.82, 2.24) is 0 Å². The van der Waals surface area contributed by atoms with Crippen LogP contribution in [0, 0.1) is 0 Å². The Morgan fingerprint density at radius 3 is 2.75 bits per heavy atom. The van der Waals surface area contributed by atoms with E-state index >= 15 is 0 Å². The van der Waals surface area contributed by atoms with Crippen molar-refractivity contribution in [2.24, 2.45) is 11.5 Å². The molecule has 0 aromatic carbocycles. The molecule has 68 valence electrons. The van der Waals surface area contributed by atoms with Gasteiger partial charge in [0.15, 0.2) is 0 Å². The molecule has 0 fully saturated rings. The molecule has 0 radical (unpaired) electrons. The van der Waals surface area contributed by atoms with E-state index in [9.17, 15) is 0 Å². The second kappa shape index (κ2) is 4.83. The van der Waals surface area contributed by atoms with Crippen LogP contribution in [0.3, 0.4) is 0 Å². The Morgan fingerprint density at radius 1 is 1.33 bits per heavy atom. The smallest absolute Gasteiger partial charge is 0.0964 e. The molecule has 0 aromatic heterocycles. The predicted octanol–water partition coefficient (Wildman–Crippen LogP) is 0.872. The fraction of sp³-hybridized carbons (Fsp3) is 0.556. The summed E-state index contributed by atoms with van der Waals surface area (Å²) in [6.07, 6.45) is 6.59. The SMILES string of the molecule is NCCCOC1=CC=C(N)CC1. The lowest BCUT2D eigenvalue weighted by atomic mass is 10.1. The largest absolute Gasteiger partial charge is 0.498 e. The fourth-order valence-electron chi connectivity index (χ4n) is 1.04. The number of hydrogen-bond acceptors (Lipinski definition) is 3. The van der Waals surface area contributed by atoms with Crippen molar-refractivity contribution < 1.29 is 4.74 Å². The molecule has 4 N–H and O–H groups in total. The van der Waals surface area contributed by atoms with Crippen molar-refractivity contribution in [3.63, 3.8) is 0 Å². The van der Waals surface area contributed by atoms with Crippen LogP contribution in [0.4, 0.5) is 0 Å². The molecule has 3 heteroatoms. The van der Waals surface area contributed by atoms with Gasteiger partial charge < -0.3 is 16.2 Å². The third-order valence-electron chi connectivity index (χ3n) is 1.78. The van der Waals surface area contributed by atoms with E-state index in [4.69, 9.17) is 16.2 Å². The molecular formula is C9H16N2O. The lowest BCUT2D eigenvalue weighted by Crippen LogP contribution is -2.07. The Bertz CT molecular complexity index is 197. The highest BCUT2D eigenvalue weighted by Gasteiger charge is 2.03. The van der Waals surface area contributed by atoms with Gasteiger partial charge in [-0.15, -0.1) is 0 Å². The van der Waals surface area contributed by atoms with Gasteiger partial charge in [-0.1, -0.05) is 0 Å². The Balaban J connectivity index is 2.24. The fourth-order valence-corrected chi connectivity index (χ4v) is 1.04. The molecule has 0 aromatic rings. The maximum absolute atomic E-state index is 5.59. The average molecular weight is 168 g/mol. The van der Waals surface area contributed by atoms with E-state index in [1.165, 1.54) is 0 Å². The standard InChI is InChI=1S/C9H16N2O/c10-6-1-7-12-9-4-2-8(11)3-5-9/h2,4H,1,3,5-7,10-11H2. The van der Waals surface area contributed by atoms with E-state index in [1.54, 1.807) is 0 Å². The topological polar surface area (TPSA) is 61.3 Å². The molecule has 1 aliphatic rings. The quantitative estimate of drug-likeness (QED) is 0.612. The van der Waals surface area contributed by atoms with Crippen molar-refractivity contribution in [1.29, 1.82) is 0 Å². The Hall–Kier alpha value is -0.960. The Morgan fingerprint density at radius 2 is 2.17 bits per heavy atom. The Labute approximate surface area is 73.1 Å². The molecule has 0 spiro atoms. The lowest BCUT2D eigenvalue weighted by Gasteiger charge is -2.12. The molecule has 1 aliphatic carbocycles. The molecule has 0 saturated carbocycles. The zero-order valence-corrected chi connectivity index (χ0v) is 7.25. The van der Waals surface area contributed by atoms with Gasteiger partial charge in [-0.05, 0) is 31.5 Å². The van der Waals surface area contributed by atoms with Crippen molar-refractivity contribution in [3.05, 3.63) is 23.6 Å². The van der Waals surface area contributed by atoms with Gasteiger partial charge in [0.25, 0.3) is 0 Å². The summed E-state index contributed by atoms with van der Waals surface area (Å²) in [5, 5.41) is 0. The molecule has 0 bridgehead atoms. The van der Waals surface area contributed by atoms with Crippen LogP contribution in [0.25, 0.3) is 0 Å². The van der Waals surface area contributed by atoms with E-state index in [2.05, 4.69) is 0 Å². The minimum absolute atomic E-state index is 0.686. The molecule has 0 amide bonds. The van der Waals surface area contributed by atoms with Crippen LogP contribution in [0.5, 0.6) is 0 Å². The molecule has 0 unspecified atom stereocenters. The molecule has 0 aliphatic heterocycles. The highest BCUT2D eigenvalue weighted by molar-refractivity contribution is 5.18. The zero-order chi connectivity index (χ0) is 8.81. The second-order valence-corrected chi connectivity index (χ2v) is 2.87. The molecule has 3 nitrogen and oxygen atoms in total.